The quantitative estimate of drug-likeness (QED) is 0.430. The Morgan fingerprint density at radius 2 is 2.15 bits per heavy atom. The molecule has 1 amide bonds. The van der Waals surface area contributed by atoms with Gasteiger partial charge in [-0.25, -0.2) is 4.98 Å². The summed E-state index contributed by atoms with van der Waals surface area (Å²) < 4.78 is 5.53. The molecular weight excluding hydrogens is 524 g/mol. The second-order valence-electron chi connectivity index (χ2n) is 12.4. The number of amides is 1. The van der Waals surface area contributed by atoms with E-state index >= 15 is 0 Å². The topological polar surface area (TPSA) is 96.3 Å². The number of nitrogens with one attached hydrogen (secondary N) is 1. The Kier molecular flexibility index (Phi) is 7.90. The number of aryl methyl sites for hydroxylation is 2. The van der Waals surface area contributed by atoms with Gasteiger partial charge in [0.1, 0.15) is 12.9 Å². The summed E-state index contributed by atoms with van der Waals surface area (Å²) in [5, 5.41) is 19.2. The fourth-order valence-electron chi connectivity index (χ4n) is 8.29. The van der Waals surface area contributed by atoms with Crippen molar-refractivity contribution in [3.63, 3.8) is 0 Å². The molecule has 5 atom stereocenters. The van der Waals surface area contributed by atoms with Crippen LogP contribution < -0.4 is 5.32 Å². The molecule has 1 aliphatic heterocycles. The van der Waals surface area contributed by atoms with E-state index in [1.54, 1.807) is 13.3 Å². The van der Waals surface area contributed by atoms with Gasteiger partial charge in [-0.2, -0.15) is 0 Å². The van der Waals surface area contributed by atoms with Crippen molar-refractivity contribution in [2.75, 3.05) is 38.7 Å². The van der Waals surface area contributed by atoms with E-state index < -0.39 is 0 Å². The lowest BCUT2D eigenvalue weighted by Gasteiger charge is -2.50. The smallest absolute Gasteiger partial charge is 0.226 e. The van der Waals surface area contributed by atoms with Gasteiger partial charge in [0.05, 0.1) is 18.9 Å². The second kappa shape index (κ2) is 11.4. The predicted molar refractivity (Wildman–Crippen MR) is 157 cm³/mol. The molecule has 0 spiro atoms. The molecule has 1 aromatic heterocycles. The van der Waals surface area contributed by atoms with Crippen LogP contribution in [0, 0.1) is 30.1 Å². The number of morpholine rings is 1. The number of anilines is 1. The van der Waals surface area contributed by atoms with E-state index in [-0.39, 0.29) is 11.3 Å². The number of phenols is 1. The molecule has 1 saturated heterocycles. The monoisotopic (exact) mass is 566 g/mol. The van der Waals surface area contributed by atoms with Crippen LogP contribution in [-0.2, 0) is 27.3 Å². The van der Waals surface area contributed by atoms with Crippen LogP contribution in [0.4, 0.5) is 5.13 Å². The van der Waals surface area contributed by atoms with E-state index in [9.17, 15) is 9.90 Å². The number of hydrogen-bond acceptors (Lipinski definition) is 8. The SMILES string of the molecule is CON=C1C[C@@H](CCC(=O)Nc2ncc(C)s2)C2C3CCc4cc(O)c(CN5CCOCC5)cc4C3CC[C@]12C. The van der Waals surface area contributed by atoms with Gasteiger partial charge < -0.3 is 20.0 Å². The summed E-state index contributed by atoms with van der Waals surface area (Å²) in [6, 6.07) is 4.36. The van der Waals surface area contributed by atoms with Crippen LogP contribution in [0.15, 0.2) is 23.5 Å². The molecule has 9 heteroatoms. The van der Waals surface area contributed by atoms with Crippen LogP contribution in [0.1, 0.15) is 72.9 Å². The van der Waals surface area contributed by atoms with Crippen LogP contribution in [0.5, 0.6) is 5.75 Å². The minimum absolute atomic E-state index is 0.00417. The molecule has 2 heterocycles. The number of ether oxygens (including phenoxy) is 1. The molecule has 2 N–H and O–H groups in total. The van der Waals surface area contributed by atoms with Crippen molar-refractivity contribution in [3.8, 4) is 5.75 Å². The molecule has 216 valence electrons. The number of phenolic OH excluding ortho intramolecular Hbond substituents is 1. The number of carbonyl (C=O) groups excluding carboxylic acids is 1. The fraction of sp³-hybridized carbons (Fsp3) is 0.645. The lowest BCUT2D eigenvalue weighted by Crippen LogP contribution is -2.44. The van der Waals surface area contributed by atoms with Crippen molar-refractivity contribution in [2.45, 2.75) is 71.3 Å². The van der Waals surface area contributed by atoms with Crippen molar-refractivity contribution in [1.29, 1.82) is 0 Å². The zero-order valence-electron chi connectivity index (χ0n) is 23.9. The van der Waals surface area contributed by atoms with Gasteiger partial charge in [-0.1, -0.05) is 18.1 Å². The van der Waals surface area contributed by atoms with E-state index in [0.29, 0.717) is 41.0 Å². The summed E-state index contributed by atoms with van der Waals surface area (Å²) in [7, 11) is 1.65. The summed E-state index contributed by atoms with van der Waals surface area (Å²) in [6.45, 7) is 8.47. The Labute approximate surface area is 241 Å². The van der Waals surface area contributed by atoms with E-state index in [4.69, 9.17) is 9.57 Å². The Morgan fingerprint density at radius 3 is 2.90 bits per heavy atom. The first-order valence-electron chi connectivity index (χ1n) is 14.8. The summed E-state index contributed by atoms with van der Waals surface area (Å²) in [5.74, 6) is 2.33. The van der Waals surface area contributed by atoms with E-state index in [1.165, 1.54) is 28.2 Å². The van der Waals surface area contributed by atoms with Crippen molar-refractivity contribution >= 4 is 28.1 Å². The number of nitrogens with zero attached hydrogens (tertiary/aromatic N) is 3. The van der Waals surface area contributed by atoms with Crippen molar-refractivity contribution in [1.82, 2.24) is 9.88 Å². The van der Waals surface area contributed by atoms with E-state index in [0.717, 1.165) is 81.8 Å². The average Bonchev–Trinajstić information content (AvgIpc) is 3.48. The van der Waals surface area contributed by atoms with Gasteiger partial charge in [0, 0.05) is 48.1 Å². The van der Waals surface area contributed by atoms with Crippen molar-refractivity contribution in [3.05, 3.63) is 39.9 Å². The number of oxime groups is 1. The normalized spacial score (nSPS) is 30.9. The van der Waals surface area contributed by atoms with Crippen LogP contribution in [0.25, 0.3) is 0 Å². The Morgan fingerprint density at radius 1 is 1.32 bits per heavy atom. The number of benzene rings is 1. The third-order valence-electron chi connectivity index (χ3n) is 10.1. The highest BCUT2D eigenvalue weighted by atomic mass is 32.1. The van der Waals surface area contributed by atoms with Gasteiger partial charge in [-0.3, -0.25) is 9.69 Å². The molecule has 2 saturated carbocycles. The number of hydrogen-bond donors (Lipinski definition) is 2. The molecule has 6 rings (SSSR count). The molecule has 0 bridgehead atoms. The Balaban J connectivity index is 1.23. The highest BCUT2D eigenvalue weighted by Gasteiger charge is 2.57. The van der Waals surface area contributed by atoms with Crippen LogP contribution >= 0.6 is 11.3 Å². The third-order valence-corrected chi connectivity index (χ3v) is 10.9. The molecule has 0 radical (unpaired) electrons. The minimum Gasteiger partial charge on any atom is -0.508 e. The third kappa shape index (κ3) is 5.28. The van der Waals surface area contributed by atoms with E-state index in [1.807, 2.05) is 13.0 Å². The largest absolute Gasteiger partial charge is 0.508 e. The Bertz CT molecular complexity index is 1270. The first kappa shape index (κ1) is 27.7. The van der Waals surface area contributed by atoms with Gasteiger partial charge in [0.2, 0.25) is 5.91 Å². The zero-order chi connectivity index (χ0) is 27.9. The highest BCUT2D eigenvalue weighted by Crippen LogP contribution is 2.62. The molecule has 4 aliphatic rings. The van der Waals surface area contributed by atoms with Crippen LogP contribution in [0.2, 0.25) is 0 Å². The van der Waals surface area contributed by atoms with Crippen molar-refractivity contribution in [2.24, 2.45) is 28.3 Å². The fourth-order valence-corrected chi connectivity index (χ4v) is 8.97. The summed E-state index contributed by atoms with van der Waals surface area (Å²) >= 11 is 1.51. The summed E-state index contributed by atoms with van der Waals surface area (Å²) in [6.07, 6.45) is 8.31. The number of thiazole rings is 1. The number of rotatable bonds is 7. The second-order valence-corrected chi connectivity index (χ2v) is 13.6. The average molecular weight is 567 g/mol. The van der Waals surface area contributed by atoms with E-state index in [2.05, 4.69) is 33.3 Å². The molecule has 3 aliphatic carbocycles. The van der Waals surface area contributed by atoms with Crippen LogP contribution in [0.3, 0.4) is 0 Å². The maximum Gasteiger partial charge on any atom is 0.226 e. The maximum absolute atomic E-state index is 12.9. The molecule has 1 aromatic carbocycles. The molecule has 8 nitrogen and oxygen atoms in total. The number of fused-ring (bicyclic) bond motifs is 5. The molecule has 3 fully saturated rings. The summed E-state index contributed by atoms with van der Waals surface area (Å²) in [4.78, 5) is 26.0. The minimum atomic E-state index is -0.00417. The predicted octanol–water partition coefficient (Wildman–Crippen LogP) is 5.49. The molecular formula is C31H42N4O4S. The van der Waals surface area contributed by atoms with Crippen LogP contribution in [-0.4, -0.2) is 60.0 Å². The van der Waals surface area contributed by atoms with Gasteiger partial charge in [-0.05, 0) is 86.3 Å². The zero-order valence-corrected chi connectivity index (χ0v) is 24.8. The Hall–Kier alpha value is -2.49. The van der Waals surface area contributed by atoms with Crippen molar-refractivity contribution < 1.29 is 19.5 Å². The first-order valence-corrected chi connectivity index (χ1v) is 15.6. The molecule has 40 heavy (non-hydrogen) atoms. The number of aromatic hydroxyl groups is 1. The number of carbonyl (C=O) groups is 1. The highest BCUT2D eigenvalue weighted by molar-refractivity contribution is 7.15. The maximum atomic E-state index is 12.9. The summed E-state index contributed by atoms with van der Waals surface area (Å²) in [5.41, 5.74) is 4.95. The molecule has 3 unspecified atom stereocenters. The lowest BCUT2D eigenvalue weighted by atomic mass is 9.54. The van der Waals surface area contributed by atoms with Gasteiger partial charge in [0.15, 0.2) is 5.13 Å². The number of aromatic nitrogens is 1. The lowest BCUT2D eigenvalue weighted by molar-refractivity contribution is -0.116. The first-order chi connectivity index (χ1) is 19.4. The van der Waals surface area contributed by atoms with Gasteiger partial charge >= 0.3 is 0 Å². The molecule has 2 aromatic rings. The van der Waals surface area contributed by atoms with Gasteiger partial charge in [-0.15, -0.1) is 11.3 Å². The standard InChI is InChI=1S/C31H42N4O4S/c1-19-17-32-30(40-19)33-28(37)7-5-21-16-27(34-38-3)31(2)9-8-23-24(29(21)31)6-4-20-15-26(36)22(14-25(20)23)18-35-10-12-39-13-11-35/h14-15,17,21,23-24,29,36H,4-13,16,18H2,1-3H3,(H,32,33,37)/t21-,23?,24?,29?,31-/m1/s1. The van der Waals surface area contributed by atoms with Gasteiger partial charge in [0.25, 0.3) is 0 Å².